The molecule has 2 amide bonds. The SMILES string of the molecule is CC(CC(N)=O)=NNC(=O)COc1ccccc1C. The van der Waals surface area contributed by atoms with Crippen LogP contribution >= 0.6 is 0 Å². The maximum Gasteiger partial charge on any atom is 0.277 e. The zero-order valence-electron chi connectivity index (χ0n) is 11.0. The first-order valence-corrected chi connectivity index (χ1v) is 5.77. The number of carbonyl (C=O) groups excluding carboxylic acids is 2. The van der Waals surface area contributed by atoms with Gasteiger partial charge in [-0.25, -0.2) is 5.43 Å². The number of carbonyl (C=O) groups is 2. The fourth-order valence-corrected chi connectivity index (χ4v) is 1.34. The smallest absolute Gasteiger partial charge is 0.277 e. The molecule has 0 aromatic heterocycles. The molecule has 0 bridgehead atoms. The summed E-state index contributed by atoms with van der Waals surface area (Å²) in [4.78, 5) is 22.1. The number of hydrogen-bond donors (Lipinski definition) is 2. The van der Waals surface area contributed by atoms with E-state index in [0.717, 1.165) is 5.56 Å². The number of para-hydroxylation sites is 1. The maximum absolute atomic E-state index is 11.5. The Labute approximate surface area is 111 Å². The van der Waals surface area contributed by atoms with E-state index >= 15 is 0 Å². The Morgan fingerprint density at radius 3 is 2.68 bits per heavy atom. The zero-order chi connectivity index (χ0) is 14.3. The summed E-state index contributed by atoms with van der Waals surface area (Å²) in [5.41, 5.74) is 8.68. The van der Waals surface area contributed by atoms with Gasteiger partial charge in [0, 0.05) is 5.71 Å². The third kappa shape index (κ3) is 5.67. The monoisotopic (exact) mass is 263 g/mol. The van der Waals surface area contributed by atoms with Crippen LogP contribution in [0.15, 0.2) is 29.4 Å². The number of nitrogens with zero attached hydrogens (tertiary/aromatic N) is 1. The van der Waals surface area contributed by atoms with Crippen molar-refractivity contribution in [3.63, 3.8) is 0 Å². The lowest BCUT2D eigenvalue weighted by Gasteiger charge is -2.07. The summed E-state index contributed by atoms with van der Waals surface area (Å²) in [5, 5.41) is 3.74. The van der Waals surface area contributed by atoms with Crippen LogP contribution < -0.4 is 15.9 Å². The fourth-order valence-electron chi connectivity index (χ4n) is 1.34. The van der Waals surface area contributed by atoms with Crippen molar-refractivity contribution in [2.75, 3.05) is 6.61 Å². The van der Waals surface area contributed by atoms with E-state index in [0.29, 0.717) is 11.5 Å². The number of aryl methyl sites for hydroxylation is 1. The molecule has 0 fully saturated rings. The molecule has 102 valence electrons. The first-order chi connectivity index (χ1) is 8.99. The summed E-state index contributed by atoms with van der Waals surface area (Å²) >= 11 is 0. The summed E-state index contributed by atoms with van der Waals surface area (Å²) in [6, 6.07) is 7.39. The van der Waals surface area contributed by atoms with E-state index in [9.17, 15) is 9.59 Å². The van der Waals surface area contributed by atoms with Gasteiger partial charge in [-0.15, -0.1) is 0 Å². The van der Waals surface area contributed by atoms with Crippen LogP contribution in [0.25, 0.3) is 0 Å². The van der Waals surface area contributed by atoms with Gasteiger partial charge in [-0.1, -0.05) is 18.2 Å². The number of nitrogens with two attached hydrogens (primary N) is 1. The topological polar surface area (TPSA) is 93.8 Å². The minimum absolute atomic E-state index is 0.0128. The second-order valence-corrected chi connectivity index (χ2v) is 4.08. The van der Waals surface area contributed by atoms with Gasteiger partial charge < -0.3 is 10.5 Å². The van der Waals surface area contributed by atoms with Crippen molar-refractivity contribution < 1.29 is 14.3 Å². The number of hydrazone groups is 1. The Hall–Kier alpha value is -2.37. The standard InChI is InChI=1S/C13H17N3O3/c1-9-5-3-4-6-11(9)19-8-13(18)16-15-10(2)7-12(14)17/h3-6H,7-8H2,1-2H3,(H2,14,17)(H,16,18). The van der Waals surface area contributed by atoms with Gasteiger partial charge in [0.15, 0.2) is 6.61 Å². The van der Waals surface area contributed by atoms with Crippen LogP contribution in [-0.4, -0.2) is 24.1 Å². The molecule has 3 N–H and O–H groups in total. The summed E-state index contributed by atoms with van der Waals surface area (Å²) in [7, 11) is 0. The summed E-state index contributed by atoms with van der Waals surface area (Å²) in [5.74, 6) is -0.241. The molecule has 0 saturated heterocycles. The van der Waals surface area contributed by atoms with Crippen molar-refractivity contribution in [1.29, 1.82) is 0 Å². The Kier molecular flexibility index (Phi) is 5.53. The van der Waals surface area contributed by atoms with Crippen molar-refractivity contribution >= 4 is 17.5 Å². The molecular formula is C13H17N3O3. The third-order valence-corrected chi connectivity index (χ3v) is 2.25. The zero-order valence-corrected chi connectivity index (χ0v) is 11.0. The maximum atomic E-state index is 11.5. The van der Waals surface area contributed by atoms with Crippen molar-refractivity contribution in [3.05, 3.63) is 29.8 Å². The molecule has 1 rings (SSSR count). The lowest BCUT2D eigenvalue weighted by Crippen LogP contribution is -2.26. The number of primary amides is 1. The van der Waals surface area contributed by atoms with E-state index < -0.39 is 11.8 Å². The summed E-state index contributed by atoms with van der Waals surface area (Å²) in [6.07, 6.45) is 0.0128. The third-order valence-electron chi connectivity index (χ3n) is 2.25. The number of ether oxygens (including phenoxy) is 1. The quantitative estimate of drug-likeness (QED) is 0.585. The van der Waals surface area contributed by atoms with Crippen molar-refractivity contribution in [3.8, 4) is 5.75 Å². The van der Waals surface area contributed by atoms with E-state index in [4.69, 9.17) is 10.5 Å². The number of nitrogens with one attached hydrogen (secondary N) is 1. The van der Waals surface area contributed by atoms with Gasteiger partial charge in [0.05, 0.1) is 6.42 Å². The average Bonchev–Trinajstić information content (AvgIpc) is 2.34. The molecule has 6 nitrogen and oxygen atoms in total. The van der Waals surface area contributed by atoms with Crippen LogP contribution in [0.2, 0.25) is 0 Å². The molecule has 0 saturated carbocycles. The van der Waals surface area contributed by atoms with Crippen molar-refractivity contribution in [2.24, 2.45) is 10.8 Å². The molecule has 1 aromatic rings. The fraction of sp³-hybridized carbons (Fsp3) is 0.308. The van der Waals surface area contributed by atoms with Crippen molar-refractivity contribution in [2.45, 2.75) is 20.3 Å². The summed E-state index contributed by atoms with van der Waals surface area (Å²) < 4.78 is 5.34. The van der Waals surface area contributed by atoms with E-state index in [2.05, 4.69) is 10.5 Å². The Balaban J connectivity index is 2.40. The molecule has 6 heteroatoms. The van der Waals surface area contributed by atoms with Crippen LogP contribution in [0, 0.1) is 6.92 Å². The van der Waals surface area contributed by atoms with Crippen LogP contribution in [0.4, 0.5) is 0 Å². The van der Waals surface area contributed by atoms with Gasteiger partial charge >= 0.3 is 0 Å². The number of hydrogen-bond acceptors (Lipinski definition) is 4. The molecule has 0 spiro atoms. The largest absolute Gasteiger partial charge is 0.483 e. The van der Waals surface area contributed by atoms with Gasteiger partial charge in [0.1, 0.15) is 5.75 Å². The second-order valence-electron chi connectivity index (χ2n) is 4.08. The second kappa shape index (κ2) is 7.15. The minimum atomic E-state index is -0.494. The highest BCUT2D eigenvalue weighted by atomic mass is 16.5. The summed E-state index contributed by atoms with van der Waals surface area (Å²) in [6.45, 7) is 3.36. The number of benzene rings is 1. The molecule has 0 heterocycles. The van der Waals surface area contributed by atoms with Crippen LogP contribution in [0.5, 0.6) is 5.75 Å². The molecule has 19 heavy (non-hydrogen) atoms. The van der Waals surface area contributed by atoms with Gasteiger partial charge in [0.2, 0.25) is 5.91 Å². The molecule has 0 unspecified atom stereocenters. The van der Waals surface area contributed by atoms with E-state index in [1.54, 1.807) is 13.0 Å². The highest BCUT2D eigenvalue weighted by molar-refractivity contribution is 5.99. The van der Waals surface area contributed by atoms with Crippen LogP contribution in [0.1, 0.15) is 18.9 Å². The molecule has 0 radical (unpaired) electrons. The highest BCUT2D eigenvalue weighted by Gasteiger charge is 2.04. The first-order valence-electron chi connectivity index (χ1n) is 5.77. The highest BCUT2D eigenvalue weighted by Crippen LogP contribution is 2.15. The average molecular weight is 263 g/mol. The Morgan fingerprint density at radius 2 is 2.05 bits per heavy atom. The first kappa shape index (κ1) is 14.7. The normalized spacial score (nSPS) is 10.9. The van der Waals surface area contributed by atoms with Crippen molar-refractivity contribution in [1.82, 2.24) is 5.43 Å². The van der Waals surface area contributed by atoms with E-state index in [-0.39, 0.29) is 13.0 Å². The predicted octanol–water partition coefficient (Wildman–Crippen LogP) is 0.741. The number of rotatable bonds is 6. The lowest BCUT2D eigenvalue weighted by atomic mass is 10.2. The Morgan fingerprint density at radius 1 is 1.37 bits per heavy atom. The van der Waals surface area contributed by atoms with Gasteiger partial charge in [-0.2, -0.15) is 5.10 Å². The van der Waals surface area contributed by atoms with E-state index in [1.807, 2.05) is 25.1 Å². The molecule has 1 aromatic carbocycles. The molecule has 0 aliphatic heterocycles. The molecule has 0 atom stereocenters. The number of amides is 2. The van der Waals surface area contributed by atoms with Gasteiger partial charge in [-0.05, 0) is 25.5 Å². The molecular weight excluding hydrogens is 246 g/mol. The molecule has 0 aliphatic carbocycles. The van der Waals surface area contributed by atoms with Crippen LogP contribution in [-0.2, 0) is 9.59 Å². The van der Waals surface area contributed by atoms with Gasteiger partial charge in [-0.3, -0.25) is 9.59 Å². The Bertz CT molecular complexity index is 498. The van der Waals surface area contributed by atoms with E-state index in [1.165, 1.54) is 0 Å². The molecule has 0 aliphatic rings. The predicted molar refractivity (Wildman–Crippen MR) is 71.7 cm³/mol. The van der Waals surface area contributed by atoms with Crippen LogP contribution in [0.3, 0.4) is 0 Å². The van der Waals surface area contributed by atoms with Gasteiger partial charge in [0.25, 0.3) is 5.91 Å². The minimum Gasteiger partial charge on any atom is -0.483 e. The lowest BCUT2D eigenvalue weighted by molar-refractivity contribution is -0.123.